The fraction of sp³-hybridized carbons (Fsp3) is 0.471. The first-order valence-electron chi connectivity index (χ1n) is 8.00. The molecule has 2 heterocycles. The number of fused-ring (bicyclic) bond motifs is 1. The SMILES string of the molecule is CC(C)CC(=O)N[C@@H]1CCc2nnc(-c3ccc(F)cc3)n2C1. The van der Waals surface area contributed by atoms with Gasteiger partial charge in [0.25, 0.3) is 0 Å². The van der Waals surface area contributed by atoms with E-state index in [0.717, 1.165) is 30.1 Å². The first kappa shape index (κ1) is 15.6. The maximum absolute atomic E-state index is 13.1. The lowest BCUT2D eigenvalue weighted by molar-refractivity contribution is -0.122. The molecule has 0 fully saturated rings. The molecule has 1 aliphatic heterocycles. The first-order chi connectivity index (χ1) is 11.0. The third-order valence-corrected chi connectivity index (χ3v) is 4.01. The van der Waals surface area contributed by atoms with E-state index in [1.165, 1.54) is 12.1 Å². The molecule has 0 saturated carbocycles. The van der Waals surface area contributed by atoms with Crippen molar-refractivity contribution in [3.63, 3.8) is 0 Å². The third-order valence-electron chi connectivity index (χ3n) is 4.01. The summed E-state index contributed by atoms with van der Waals surface area (Å²) >= 11 is 0. The number of aromatic nitrogens is 3. The molecule has 0 unspecified atom stereocenters. The Labute approximate surface area is 134 Å². The van der Waals surface area contributed by atoms with Gasteiger partial charge in [0.05, 0.1) is 0 Å². The van der Waals surface area contributed by atoms with Crippen molar-refractivity contribution in [1.29, 1.82) is 0 Å². The van der Waals surface area contributed by atoms with Crippen molar-refractivity contribution < 1.29 is 9.18 Å². The molecule has 0 aliphatic carbocycles. The lowest BCUT2D eigenvalue weighted by Crippen LogP contribution is -2.41. The van der Waals surface area contributed by atoms with Gasteiger partial charge in [-0.1, -0.05) is 13.8 Å². The smallest absolute Gasteiger partial charge is 0.220 e. The number of carbonyl (C=O) groups is 1. The second-order valence-electron chi connectivity index (χ2n) is 6.46. The Bertz CT molecular complexity index is 693. The van der Waals surface area contributed by atoms with Crippen LogP contribution in [0.5, 0.6) is 0 Å². The summed E-state index contributed by atoms with van der Waals surface area (Å²) in [6, 6.07) is 6.33. The van der Waals surface area contributed by atoms with Crippen LogP contribution >= 0.6 is 0 Å². The van der Waals surface area contributed by atoms with Crippen LogP contribution in [-0.2, 0) is 17.8 Å². The quantitative estimate of drug-likeness (QED) is 0.943. The van der Waals surface area contributed by atoms with E-state index >= 15 is 0 Å². The van der Waals surface area contributed by atoms with Gasteiger partial charge in [0.1, 0.15) is 11.6 Å². The van der Waals surface area contributed by atoms with Crippen molar-refractivity contribution in [2.45, 2.75) is 45.7 Å². The number of aryl methyl sites for hydroxylation is 1. The van der Waals surface area contributed by atoms with E-state index in [2.05, 4.69) is 15.5 Å². The highest BCUT2D eigenvalue weighted by Gasteiger charge is 2.24. The van der Waals surface area contributed by atoms with E-state index in [-0.39, 0.29) is 17.8 Å². The highest BCUT2D eigenvalue weighted by atomic mass is 19.1. The Kier molecular flexibility index (Phi) is 4.41. The summed E-state index contributed by atoms with van der Waals surface area (Å²) in [6.45, 7) is 4.72. The monoisotopic (exact) mass is 316 g/mol. The van der Waals surface area contributed by atoms with Crippen LogP contribution in [-0.4, -0.2) is 26.7 Å². The molecule has 0 spiro atoms. The van der Waals surface area contributed by atoms with Crippen molar-refractivity contribution in [3.05, 3.63) is 35.9 Å². The standard InChI is InChI=1S/C17H21FN4O/c1-11(2)9-16(23)19-14-7-8-15-20-21-17(22(15)10-14)12-3-5-13(18)6-4-12/h3-6,11,14H,7-10H2,1-2H3,(H,19,23)/t14-/m1/s1. The summed E-state index contributed by atoms with van der Waals surface area (Å²) in [7, 11) is 0. The third kappa shape index (κ3) is 3.57. The molecule has 122 valence electrons. The summed E-state index contributed by atoms with van der Waals surface area (Å²) in [5.74, 6) is 1.80. The van der Waals surface area contributed by atoms with Gasteiger partial charge in [-0.25, -0.2) is 4.39 Å². The molecule has 6 heteroatoms. The molecule has 2 aromatic rings. The first-order valence-corrected chi connectivity index (χ1v) is 8.00. The Balaban J connectivity index is 1.76. The molecular weight excluding hydrogens is 295 g/mol. The number of hydrogen-bond donors (Lipinski definition) is 1. The molecule has 3 rings (SSSR count). The van der Waals surface area contributed by atoms with Gasteiger partial charge < -0.3 is 9.88 Å². The molecule has 1 aromatic heterocycles. The summed E-state index contributed by atoms with van der Waals surface area (Å²) in [4.78, 5) is 12.0. The van der Waals surface area contributed by atoms with Crippen LogP contribution in [0.3, 0.4) is 0 Å². The van der Waals surface area contributed by atoms with Crippen LogP contribution in [0.15, 0.2) is 24.3 Å². The maximum Gasteiger partial charge on any atom is 0.220 e. The van der Waals surface area contributed by atoms with Crippen LogP contribution in [0.25, 0.3) is 11.4 Å². The number of carbonyl (C=O) groups excluding carboxylic acids is 1. The van der Waals surface area contributed by atoms with Gasteiger partial charge in [-0.2, -0.15) is 0 Å². The van der Waals surface area contributed by atoms with E-state index in [4.69, 9.17) is 0 Å². The summed E-state index contributed by atoms with van der Waals surface area (Å²) in [5.41, 5.74) is 0.833. The van der Waals surface area contributed by atoms with E-state index < -0.39 is 0 Å². The largest absolute Gasteiger partial charge is 0.352 e. The fourth-order valence-corrected chi connectivity index (χ4v) is 2.91. The zero-order valence-electron chi connectivity index (χ0n) is 13.4. The maximum atomic E-state index is 13.1. The topological polar surface area (TPSA) is 59.8 Å². The second-order valence-corrected chi connectivity index (χ2v) is 6.46. The number of hydrogen-bond acceptors (Lipinski definition) is 3. The van der Waals surface area contributed by atoms with Gasteiger partial charge in [0.15, 0.2) is 5.82 Å². The zero-order valence-corrected chi connectivity index (χ0v) is 13.4. The Hall–Kier alpha value is -2.24. The molecule has 1 aliphatic rings. The summed E-state index contributed by atoms with van der Waals surface area (Å²) in [6.07, 6.45) is 2.18. The average Bonchev–Trinajstić information content (AvgIpc) is 2.90. The Morgan fingerprint density at radius 3 is 2.78 bits per heavy atom. The number of nitrogens with zero attached hydrogens (tertiary/aromatic N) is 3. The summed E-state index contributed by atoms with van der Waals surface area (Å²) in [5, 5.41) is 11.6. The van der Waals surface area contributed by atoms with Crippen LogP contribution in [0.4, 0.5) is 4.39 Å². The van der Waals surface area contributed by atoms with Crippen molar-refractivity contribution in [1.82, 2.24) is 20.1 Å². The lowest BCUT2D eigenvalue weighted by Gasteiger charge is -2.25. The zero-order chi connectivity index (χ0) is 16.4. The molecule has 0 saturated heterocycles. The van der Waals surface area contributed by atoms with E-state index in [0.29, 0.717) is 18.9 Å². The number of nitrogens with one attached hydrogen (secondary N) is 1. The van der Waals surface area contributed by atoms with Crippen molar-refractivity contribution >= 4 is 5.91 Å². The molecule has 1 amide bonds. The number of benzene rings is 1. The molecule has 1 N–H and O–H groups in total. The average molecular weight is 316 g/mol. The minimum atomic E-state index is -0.272. The molecule has 5 nitrogen and oxygen atoms in total. The van der Waals surface area contributed by atoms with Gasteiger partial charge in [-0.3, -0.25) is 4.79 Å². The minimum absolute atomic E-state index is 0.0870. The Morgan fingerprint density at radius 2 is 2.09 bits per heavy atom. The predicted molar refractivity (Wildman–Crippen MR) is 85.1 cm³/mol. The van der Waals surface area contributed by atoms with Crippen molar-refractivity contribution in [2.24, 2.45) is 5.92 Å². The van der Waals surface area contributed by atoms with Crippen molar-refractivity contribution in [2.75, 3.05) is 0 Å². The number of amides is 1. The van der Waals surface area contributed by atoms with Crippen LogP contribution in [0.1, 0.15) is 32.5 Å². The summed E-state index contributed by atoms with van der Waals surface area (Å²) < 4.78 is 15.1. The Morgan fingerprint density at radius 1 is 1.35 bits per heavy atom. The fourth-order valence-electron chi connectivity index (χ4n) is 2.91. The highest BCUT2D eigenvalue weighted by Crippen LogP contribution is 2.23. The van der Waals surface area contributed by atoms with Gasteiger partial charge in [0.2, 0.25) is 5.91 Å². The van der Waals surface area contributed by atoms with Crippen LogP contribution in [0, 0.1) is 11.7 Å². The molecule has 0 bridgehead atoms. The lowest BCUT2D eigenvalue weighted by atomic mass is 10.0. The molecule has 1 atom stereocenters. The van der Waals surface area contributed by atoms with Gasteiger partial charge in [-0.05, 0) is 36.6 Å². The van der Waals surface area contributed by atoms with Crippen molar-refractivity contribution in [3.8, 4) is 11.4 Å². The normalized spacial score (nSPS) is 17.1. The van der Waals surface area contributed by atoms with Crippen LogP contribution in [0.2, 0.25) is 0 Å². The number of rotatable bonds is 4. The van der Waals surface area contributed by atoms with E-state index in [9.17, 15) is 9.18 Å². The number of halogens is 1. The molecule has 1 aromatic carbocycles. The van der Waals surface area contributed by atoms with Gasteiger partial charge >= 0.3 is 0 Å². The van der Waals surface area contributed by atoms with Gasteiger partial charge in [-0.15, -0.1) is 10.2 Å². The minimum Gasteiger partial charge on any atom is -0.352 e. The molecule has 23 heavy (non-hydrogen) atoms. The van der Waals surface area contributed by atoms with Crippen LogP contribution < -0.4 is 5.32 Å². The van der Waals surface area contributed by atoms with Gasteiger partial charge in [0, 0.05) is 31.0 Å². The molecular formula is C17H21FN4O. The highest BCUT2D eigenvalue weighted by molar-refractivity contribution is 5.76. The second kappa shape index (κ2) is 6.48. The molecule has 0 radical (unpaired) electrons. The predicted octanol–water partition coefficient (Wildman–Crippen LogP) is 2.56. The van der Waals surface area contributed by atoms with E-state index in [1.54, 1.807) is 12.1 Å². The van der Waals surface area contributed by atoms with E-state index in [1.807, 2.05) is 18.4 Å².